The summed E-state index contributed by atoms with van der Waals surface area (Å²) in [4.78, 5) is 14.1. The fraction of sp³-hybridized carbons (Fsp3) is 0.917. The van der Waals surface area contributed by atoms with Crippen LogP contribution < -0.4 is 5.32 Å². The summed E-state index contributed by atoms with van der Waals surface area (Å²) in [5.74, 6) is 1.95. The molecule has 2 saturated heterocycles. The van der Waals surface area contributed by atoms with E-state index in [1.54, 1.807) is 16.1 Å². The third kappa shape index (κ3) is 3.87. The van der Waals surface area contributed by atoms with Crippen LogP contribution in [0.4, 0.5) is 0 Å². The molecule has 0 aromatic rings. The molecule has 0 spiro atoms. The SMILES string of the molecule is CCCS(=O)(=O)N1CCCN(C(=O)C2CSCN2)CC1. The maximum absolute atomic E-state index is 12.3. The van der Waals surface area contributed by atoms with Crippen LogP contribution in [-0.4, -0.2) is 73.1 Å². The first-order valence-electron chi connectivity index (χ1n) is 7.12. The van der Waals surface area contributed by atoms with E-state index in [1.807, 2.05) is 11.8 Å². The van der Waals surface area contributed by atoms with Crippen LogP contribution >= 0.6 is 11.8 Å². The predicted molar refractivity (Wildman–Crippen MR) is 81.1 cm³/mol. The van der Waals surface area contributed by atoms with E-state index in [-0.39, 0.29) is 17.7 Å². The van der Waals surface area contributed by atoms with Crippen molar-refractivity contribution in [2.45, 2.75) is 25.8 Å². The van der Waals surface area contributed by atoms with E-state index in [0.29, 0.717) is 39.0 Å². The van der Waals surface area contributed by atoms with Crippen molar-refractivity contribution in [3.05, 3.63) is 0 Å². The molecule has 1 unspecified atom stereocenters. The van der Waals surface area contributed by atoms with Crippen molar-refractivity contribution in [2.24, 2.45) is 0 Å². The maximum atomic E-state index is 12.3. The Labute approximate surface area is 125 Å². The van der Waals surface area contributed by atoms with Gasteiger partial charge in [-0.25, -0.2) is 12.7 Å². The second-order valence-corrected chi connectivity index (χ2v) is 8.28. The van der Waals surface area contributed by atoms with Crippen LogP contribution in [-0.2, 0) is 14.8 Å². The molecular weight excluding hydrogens is 298 g/mol. The molecular formula is C12H23N3O3S2. The monoisotopic (exact) mass is 321 g/mol. The Morgan fingerprint density at radius 2 is 2.10 bits per heavy atom. The Morgan fingerprint density at radius 1 is 1.30 bits per heavy atom. The van der Waals surface area contributed by atoms with Crippen LogP contribution in [0.25, 0.3) is 0 Å². The van der Waals surface area contributed by atoms with E-state index in [9.17, 15) is 13.2 Å². The molecule has 0 aromatic heterocycles. The van der Waals surface area contributed by atoms with Gasteiger partial charge in [0.25, 0.3) is 0 Å². The topological polar surface area (TPSA) is 69.7 Å². The number of carbonyl (C=O) groups is 1. The van der Waals surface area contributed by atoms with E-state index >= 15 is 0 Å². The lowest BCUT2D eigenvalue weighted by Crippen LogP contribution is -2.46. The predicted octanol–water partition coefficient (Wildman–Crippen LogP) is -0.0770. The van der Waals surface area contributed by atoms with Gasteiger partial charge in [0.1, 0.15) is 0 Å². The van der Waals surface area contributed by atoms with Crippen LogP contribution in [0.3, 0.4) is 0 Å². The highest BCUT2D eigenvalue weighted by Crippen LogP contribution is 2.15. The molecule has 116 valence electrons. The summed E-state index contributed by atoms with van der Waals surface area (Å²) in [5.41, 5.74) is 0. The summed E-state index contributed by atoms with van der Waals surface area (Å²) in [6.45, 7) is 3.98. The van der Waals surface area contributed by atoms with E-state index in [0.717, 1.165) is 11.6 Å². The molecule has 0 aliphatic carbocycles. The Kier molecular flexibility index (Phi) is 5.71. The van der Waals surface area contributed by atoms with E-state index in [1.165, 1.54) is 0 Å². The first kappa shape index (κ1) is 16.1. The first-order chi connectivity index (χ1) is 9.54. The normalized spacial score (nSPS) is 25.6. The lowest BCUT2D eigenvalue weighted by Gasteiger charge is -2.24. The largest absolute Gasteiger partial charge is 0.340 e. The molecule has 0 saturated carbocycles. The summed E-state index contributed by atoms with van der Waals surface area (Å²) in [6.07, 6.45) is 1.35. The van der Waals surface area contributed by atoms with Crippen molar-refractivity contribution < 1.29 is 13.2 Å². The minimum atomic E-state index is -3.15. The van der Waals surface area contributed by atoms with Gasteiger partial charge in [-0.3, -0.25) is 10.1 Å². The number of rotatable bonds is 4. The average molecular weight is 321 g/mol. The summed E-state index contributed by atoms with van der Waals surface area (Å²) < 4.78 is 25.7. The van der Waals surface area contributed by atoms with Crippen LogP contribution in [0.15, 0.2) is 0 Å². The van der Waals surface area contributed by atoms with Gasteiger partial charge in [0.2, 0.25) is 15.9 Å². The van der Waals surface area contributed by atoms with Crippen molar-refractivity contribution >= 4 is 27.7 Å². The zero-order valence-corrected chi connectivity index (χ0v) is 13.5. The zero-order chi connectivity index (χ0) is 14.6. The molecule has 20 heavy (non-hydrogen) atoms. The zero-order valence-electron chi connectivity index (χ0n) is 11.9. The van der Waals surface area contributed by atoms with Gasteiger partial charge in [0.15, 0.2) is 0 Å². The van der Waals surface area contributed by atoms with Crippen molar-refractivity contribution in [3.63, 3.8) is 0 Å². The molecule has 2 heterocycles. The fourth-order valence-electron chi connectivity index (χ4n) is 2.55. The van der Waals surface area contributed by atoms with Crippen LogP contribution in [0.2, 0.25) is 0 Å². The number of amides is 1. The molecule has 2 aliphatic heterocycles. The van der Waals surface area contributed by atoms with E-state index in [2.05, 4.69) is 5.32 Å². The minimum absolute atomic E-state index is 0.0983. The Morgan fingerprint density at radius 3 is 2.75 bits per heavy atom. The van der Waals surface area contributed by atoms with Crippen molar-refractivity contribution in [1.29, 1.82) is 0 Å². The number of thioether (sulfide) groups is 1. The van der Waals surface area contributed by atoms with Crippen LogP contribution in [0, 0.1) is 0 Å². The van der Waals surface area contributed by atoms with Crippen LogP contribution in [0.5, 0.6) is 0 Å². The number of carbonyl (C=O) groups excluding carboxylic acids is 1. The summed E-state index contributed by atoms with van der Waals surface area (Å²) in [5, 5.41) is 3.18. The van der Waals surface area contributed by atoms with Gasteiger partial charge in [-0.1, -0.05) is 6.92 Å². The number of hydrogen-bond donors (Lipinski definition) is 1. The van der Waals surface area contributed by atoms with Gasteiger partial charge in [0, 0.05) is 37.8 Å². The lowest BCUT2D eigenvalue weighted by molar-refractivity contribution is -0.132. The van der Waals surface area contributed by atoms with Crippen molar-refractivity contribution in [3.8, 4) is 0 Å². The molecule has 2 aliphatic rings. The summed E-state index contributed by atoms with van der Waals surface area (Å²) in [6, 6.07) is -0.0983. The van der Waals surface area contributed by atoms with E-state index < -0.39 is 10.0 Å². The Bertz CT molecular complexity index is 435. The summed E-state index contributed by atoms with van der Waals surface area (Å²) >= 11 is 1.73. The van der Waals surface area contributed by atoms with Crippen molar-refractivity contribution in [1.82, 2.24) is 14.5 Å². The van der Waals surface area contributed by atoms with Crippen molar-refractivity contribution in [2.75, 3.05) is 43.6 Å². The minimum Gasteiger partial charge on any atom is -0.340 e. The smallest absolute Gasteiger partial charge is 0.240 e. The quantitative estimate of drug-likeness (QED) is 0.784. The van der Waals surface area contributed by atoms with E-state index in [4.69, 9.17) is 0 Å². The number of nitrogens with zero attached hydrogens (tertiary/aromatic N) is 2. The third-order valence-corrected chi connectivity index (χ3v) is 6.65. The highest BCUT2D eigenvalue weighted by Gasteiger charge is 2.30. The van der Waals surface area contributed by atoms with Gasteiger partial charge in [0.05, 0.1) is 11.8 Å². The highest BCUT2D eigenvalue weighted by molar-refractivity contribution is 7.99. The summed E-state index contributed by atoms with van der Waals surface area (Å²) in [7, 11) is -3.15. The van der Waals surface area contributed by atoms with Gasteiger partial charge >= 0.3 is 0 Å². The molecule has 0 bridgehead atoms. The fourth-order valence-corrected chi connectivity index (χ4v) is 5.03. The Hall–Kier alpha value is -0.310. The van der Waals surface area contributed by atoms with Gasteiger partial charge in [-0.2, -0.15) is 0 Å². The molecule has 1 amide bonds. The third-order valence-electron chi connectivity index (χ3n) is 3.64. The average Bonchev–Trinajstić information content (AvgIpc) is 2.81. The van der Waals surface area contributed by atoms with Gasteiger partial charge in [-0.15, -0.1) is 11.8 Å². The molecule has 0 aromatic carbocycles. The molecule has 1 N–H and O–H groups in total. The standard InChI is InChI=1S/C12H23N3O3S2/c1-2-8-20(17,18)15-5-3-4-14(6-7-15)12(16)11-9-19-10-13-11/h11,13H,2-10H2,1H3. The van der Waals surface area contributed by atoms with Gasteiger partial charge in [-0.05, 0) is 12.8 Å². The molecule has 2 rings (SSSR count). The van der Waals surface area contributed by atoms with Crippen LogP contribution in [0.1, 0.15) is 19.8 Å². The lowest BCUT2D eigenvalue weighted by atomic mass is 10.2. The molecule has 2 fully saturated rings. The second kappa shape index (κ2) is 7.11. The number of sulfonamides is 1. The maximum Gasteiger partial charge on any atom is 0.240 e. The number of hydrogen-bond acceptors (Lipinski definition) is 5. The second-order valence-electron chi connectivity index (χ2n) is 5.17. The molecule has 1 atom stereocenters. The number of nitrogens with one attached hydrogen (secondary N) is 1. The molecule has 8 heteroatoms. The van der Waals surface area contributed by atoms with Gasteiger partial charge < -0.3 is 4.90 Å². The first-order valence-corrected chi connectivity index (χ1v) is 9.88. The molecule has 6 nitrogen and oxygen atoms in total. The highest BCUT2D eigenvalue weighted by atomic mass is 32.2. The molecule has 0 radical (unpaired) electrons. The Balaban J connectivity index is 1.93.